The van der Waals surface area contributed by atoms with Crippen molar-refractivity contribution in [2.24, 2.45) is 0 Å². The molecule has 0 radical (unpaired) electrons. The molecule has 0 aromatic heterocycles. The number of carboxylic acids is 1. The van der Waals surface area contributed by atoms with E-state index in [4.69, 9.17) is 5.11 Å². The third-order valence-corrected chi connectivity index (χ3v) is 2.00. The Morgan fingerprint density at radius 3 is 2.53 bits per heavy atom. The third-order valence-electron chi connectivity index (χ3n) is 2.00. The van der Waals surface area contributed by atoms with Crippen LogP contribution in [0.25, 0.3) is 0 Å². The first-order chi connectivity index (χ1) is 6.97. The lowest BCUT2D eigenvalue weighted by Crippen LogP contribution is -2.03. The van der Waals surface area contributed by atoms with E-state index in [0.29, 0.717) is 12.0 Å². The largest absolute Gasteiger partial charge is 0.508 e. The molecule has 0 heterocycles. The molecule has 80 valence electrons. The highest BCUT2D eigenvalue weighted by atomic mass is 16.6. The predicted molar refractivity (Wildman–Crippen MR) is 51.1 cm³/mol. The van der Waals surface area contributed by atoms with E-state index < -0.39 is 22.1 Å². The lowest BCUT2D eigenvalue weighted by Gasteiger charge is -2.03. The molecule has 2 N–H and O–H groups in total. The van der Waals surface area contributed by atoms with E-state index in [0.717, 1.165) is 12.1 Å². The molecule has 0 bridgehead atoms. The molecule has 0 unspecified atom stereocenters. The molecule has 0 spiro atoms. The summed E-state index contributed by atoms with van der Waals surface area (Å²) in [5.41, 5.74) is -0.654. The van der Waals surface area contributed by atoms with Gasteiger partial charge >= 0.3 is 5.97 Å². The monoisotopic (exact) mass is 211 g/mol. The van der Waals surface area contributed by atoms with Crippen LogP contribution in [0.1, 0.15) is 22.8 Å². The molecule has 0 aliphatic rings. The zero-order chi connectivity index (χ0) is 11.6. The number of nitrogens with zero attached hydrogens (tertiary/aromatic N) is 1. The third kappa shape index (κ3) is 2.04. The first-order valence-electron chi connectivity index (χ1n) is 4.21. The van der Waals surface area contributed by atoms with Crippen molar-refractivity contribution >= 4 is 11.7 Å². The summed E-state index contributed by atoms with van der Waals surface area (Å²) in [5, 5.41) is 28.6. The minimum absolute atomic E-state index is 0.236. The molecule has 6 heteroatoms. The highest BCUT2D eigenvalue weighted by Gasteiger charge is 2.22. The van der Waals surface area contributed by atoms with E-state index in [1.54, 1.807) is 6.92 Å². The van der Waals surface area contributed by atoms with E-state index in [-0.39, 0.29) is 5.75 Å². The van der Waals surface area contributed by atoms with Crippen LogP contribution in [0.3, 0.4) is 0 Å². The molecule has 1 rings (SSSR count). The van der Waals surface area contributed by atoms with E-state index in [1.807, 2.05) is 0 Å². The van der Waals surface area contributed by atoms with Gasteiger partial charge in [-0.2, -0.15) is 0 Å². The number of phenolic OH excluding ortho intramolecular Hbond substituents is 1. The molecule has 6 nitrogen and oxygen atoms in total. The number of hydrogen-bond acceptors (Lipinski definition) is 4. The Labute approximate surface area is 84.9 Å². The molecule has 0 aliphatic heterocycles. The number of nitro groups is 1. The second-order valence-corrected chi connectivity index (χ2v) is 2.91. The van der Waals surface area contributed by atoms with Crippen LogP contribution in [0.15, 0.2) is 12.1 Å². The highest BCUT2D eigenvalue weighted by molar-refractivity contribution is 5.93. The van der Waals surface area contributed by atoms with Gasteiger partial charge in [-0.05, 0) is 6.42 Å². The number of carbonyl (C=O) groups is 1. The van der Waals surface area contributed by atoms with Gasteiger partial charge in [-0.3, -0.25) is 10.1 Å². The number of aryl methyl sites for hydroxylation is 1. The minimum Gasteiger partial charge on any atom is -0.508 e. The quantitative estimate of drug-likeness (QED) is 0.583. The Balaban J connectivity index is 3.45. The maximum Gasteiger partial charge on any atom is 0.342 e. The van der Waals surface area contributed by atoms with Crippen molar-refractivity contribution in [2.75, 3.05) is 0 Å². The number of aromatic hydroxyl groups is 1. The fraction of sp³-hybridized carbons (Fsp3) is 0.222. The summed E-state index contributed by atoms with van der Waals surface area (Å²) in [5.74, 6) is -1.67. The van der Waals surface area contributed by atoms with Crippen LogP contribution in [0.2, 0.25) is 0 Å². The number of hydrogen-bond donors (Lipinski definition) is 2. The summed E-state index contributed by atoms with van der Waals surface area (Å²) in [6.07, 6.45) is 0.395. The molecule has 0 aliphatic carbocycles. The maximum atomic E-state index is 10.7. The average molecular weight is 211 g/mol. The van der Waals surface area contributed by atoms with Gasteiger partial charge in [0.25, 0.3) is 5.69 Å². The second-order valence-electron chi connectivity index (χ2n) is 2.91. The Bertz CT molecular complexity index is 427. The predicted octanol–water partition coefficient (Wildman–Crippen LogP) is 1.56. The smallest absolute Gasteiger partial charge is 0.342 e. The van der Waals surface area contributed by atoms with Crippen molar-refractivity contribution in [2.45, 2.75) is 13.3 Å². The summed E-state index contributed by atoms with van der Waals surface area (Å²) in [6, 6.07) is 1.98. The van der Waals surface area contributed by atoms with Gasteiger partial charge in [-0.1, -0.05) is 6.92 Å². The fourth-order valence-electron chi connectivity index (χ4n) is 1.23. The van der Waals surface area contributed by atoms with E-state index in [9.17, 15) is 20.0 Å². The molecular formula is C9H9NO5. The van der Waals surface area contributed by atoms with Gasteiger partial charge in [-0.25, -0.2) is 4.79 Å². The van der Waals surface area contributed by atoms with Gasteiger partial charge in [0.05, 0.1) is 4.92 Å². The zero-order valence-electron chi connectivity index (χ0n) is 7.93. The van der Waals surface area contributed by atoms with Gasteiger partial charge in [0.2, 0.25) is 0 Å². The lowest BCUT2D eigenvalue weighted by atomic mass is 10.1. The molecule has 0 saturated heterocycles. The van der Waals surface area contributed by atoms with Crippen molar-refractivity contribution in [1.82, 2.24) is 0 Å². The molecule has 0 atom stereocenters. The number of benzene rings is 1. The Hall–Kier alpha value is -2.11. The summed E-state index contributed by atoms with van der Waals surface area (Å²) in [6.45, 7) is 1.71. The van der Waals surface area contributed by atoms with E-state index in [2.05, 4.69) is 0 Å². The molecule has 1 aromatic carbocycles. The van der Waals surface area contributed by atoms with Crippen molar-refractivity contribution < 1.29 is 19.9 Å². The molecule has 0 saturated carbocycles. The first-order valence-corrected chi connectivity index (χ1v) is 4.21. The summed E-state index contributed by atoms with van der Waals surface area (Å²) >= 11 is 0. The Kier molecular flexibility index (Phi) is 2.89. The second kappa shape index (κ2) is 3.95. The molecule has 15 heavy (non-hydrogen) atoms. The van der Waals surface area contributed by atoms with Gasteiger partial charge in [0.1, 0.15) is 11.3 Å². The number of nitro benzene ring substituents is 1. The van der Waals surface area contributed by atoms with Crippen molar-refractivity contribution in [1.29, 1.82) is 0 Å². The zero-order valence-corrected chi connectivity index (χ0v) is 7.93. The van der Waals surface area contributed by atoms with E-state index >= 15 is 0 Å². The van der Waals surface area contributed by atoms with Crippen molar-refractivity contribution in [3.8, 4) is 5.75 Å². The van der Waals surface area contributed by atoms with Gasteiger partial charge in [0.15, 0.2) is 0 Å². The number of phenols is 1. The van der Waals surface area contributed by atoms with Crippen LogP contribution < -0.4 is 0 Å². The van der Waals surface area contributed by atoms with Crippen LogP contribution in [0.4, 0.5) is 5.69 Å². The summed E-state index contributed by atoms with van der Waals surface area (Å²) in [7, 11) is 0. The van der Waals surface area contributed by atoms with Crippen LogP contribution in [-0.2, 0) is 6.42 Å². The standard InChI is InChI=1S/C9H9NO5/c1-2-5-3-7(10(14)15)6(9(12)13)4-8(5)11/h3-4,11H,2H2,1H3,(H,12,13). The first kappa shape index (κ1) is 11.0. The Morgan fingerprint density at radius 2 is 2.13 bits per heavy atom. The topological polar surface area (TPSA) is 101 Å². The van der Waals surface area contributed by atoms with Crippen molar-refractivity contribution in [3.63, 3.8) is 0 Å². The average Bonchev–Trinajstić information content (AvgIpc) is 2.16. The van der Waals surface area contributed by atoms with Crippen LogP contribution in [0, 0.1) is 10.1 Å². The normalized spacial score (nSPS) is 9.93. The fourth-order valence-corrected chi connectivity index (χ4v) is 1.23. The minimum atomic E-state index is -1.43. The summed E-state index contributed by atoms with van der Waals surface area (Å²) in [4.78, 5) is 20.5. The van der Waals surface area contributed by atoms with Crippen molar-refractivity contribution in [3.05, 3.63) is 33.4 Å². The van der Waals surface area contributed by atoms with Gasteiger partial charge in [0, 0.05) is 17.7 Å². The van der Waals surface area contributed by atoms with Crippen LogP contribution in [0.5, 0.6) is 5.75 Å². The van der Waals surface area contributed by atoms with Crippen LogP contribution >= 0.6 is 0 Å². The number of carboxylic acid groups (broad SMARTS) is 1. The lowest BCUT2D eigenvalue weighted by molar-refractivity contribution is -0.385. The molecule has 0 fully saturated rings. The SMILES string of the molecule is CCc1cc([N+](=O)[O-])c(C(=O)O)cc1O. The number of rotatable bonds is 3. The van der Waals surface area contributed by atoms with Gasteiger partial charge in [-0.15, -0.1) is 0 Å². The summed E-state index contributed by atoms with van der Waals surface area (Å²) < 4.78 is 0. The maximum absolute atomic E-state index is 10.7. The molecule has 1 aromatic rings. The number of aromatic carboxylic acids is 1. The van der Waals surface area contributed by atoms with E-state index in [1.165, 1.54) is 0 Å². The highest BCUT2D eigenvalue weighted by Crippen LogP contribution is 2.28. The van der Waals surface area contributed by atoms with Crippen LogP contribution in [-0.4, -0.2) is 21.1 Å². The Morgan fingerprint density at radius 1 is 1.53 bits per heavy atom. The molecule has 0 amide bonds. The van der Waals surface area contributed by atoms with Gasteiger partial charge < -0.3 is 10.2 Å². The molecular weight excluding hydrogens is 202 g/mol.